The topological polar surface area (TPSA) is 39.1 Å². The highest BCUT2D eigenvalue weighted by molar-refractivity contribution is 6.31. The summed E-state index contributed by atoms with van der Waals surface area (Å²) in [5, 5.41) is 9.05. The molecule has 0 amide bonds. The molecule has 5 heteroatoms. The molecule has 1 saturated heterocycles. The highest BCUT2D eigenvalue weighted by atomic mass is 35.5. The largest absolute Gasteiger partial charge is 0.381 e. The minimum absolute atomic E-state index is 0.186. The maximum atomic E-state index is 6.50. The zero-order chi connectivity index (χ0) is 14.2. The molecule has 1 unspecified atom stereocenters. The lowest BCUT2D eigenvalue weighted by Gasteiger charge is -2.28. The molecule has 0 bridgehead atoms. The van der Waals surface area contributed by atoms with E-state index in [1.807, 2.05) is 11.7 Å². The van der Waals surface area contributed by atoms with Gasteiger partial charge in [-0.25, -0.2) is 0 Å². The second-order valence-corrected chi connectivity index (χ2v) is 6.70. The highest BCUT2D eigenvalue weighted by Gasteiger charge is 2.38. The normalized spacial score (nSPS) is 26.4. The summed E-state index contributed by atoms with van der Waals surface area (Å²) in [5.41, 5.74) is 2.35. The first kappa shape index (κ1) is 14.4. The van der Waals surface area contributed by atoms with Gasteiger partial charge in [-0.2, -0.15) is 5.10 Å². The summed E-state index contributed by atoms with van der Waals surface area (Å²) in [6.45, 7) is 4.82. The number of rotatable bonds is 6. The van der Waals surface area contributed by atoms with Gasteiger partial charge in [0.2, 0.25) is 0 Å². The fourth-order valence-corrected chi connectivity index (χ4v) is 3.37. The Balaban J connectivity index is 1.76. The molecule has 1 atom stereocenters. The summed E-state index contributed by atoms with van der Waals surface area (Å²) in [4.78, 5) is 0. The van der Waals surface area contributed by atoms with E-state index < -0.39 is 0 Å². The van der Waals surface area contributed by atoms with Gasteiger partial charge in [-0.05, 0) is 32.1 Å². The molecule has 2 fully saturated rings. The maximum Gasteiger partial charge on any atom is 0.0849 e. The molecule has 2 aliphatic rings. The van der Waals surface area contributed by atoms with E-state index in [2.05, 4.69) is 17.3 Å². The number of hydrogen-bond donors (Lipinski definition) is 1. The Kier molecular flexibility index (Phi) is 4.07. The molecule has 0 aromatic carbocycles. The molecule has 112 valence electrons. The van der Waals surface area contributed by atoms with Crippen LogP contribution in [0, 0.1) is 5.41 Å². The van der Waals surface area contributed by atoms with Crippen molar-refractivity contribution in [3.63, 3.8) is 0 Å². The van der Waals surface area contributed by atoms with Gasteiger partial charge in [-0.3, -0.25) is 4.68 Å². The van der Waals surface area contributed by atoms with Crippen LogP contribution in [0.3, 0.4) is 0 Å². The lowest BCUT2D eigenvalue weighted by Crippen LogP contribution is -2.38. The van der Waals surface area contributed by atoms with Gasteiger partial charge in [0.05, 0.1) is 23.0 Å². The summed E-state index contributed by atoms with van der Waals surface area (Å²) in [6, 6.07) is 0.737. The standard InChI is InChI=1S/C15H24ClN3O/c1-3-12-14(16)13(19(2)18-12)8-15(6-7-20-10-15)9-17-11-4-5-11/h11,17H,3-10H2,1-2H3. The van der Waals surface area contributed by atoms with E-state index >= 15 is 0 Å². The Bertz CT molecular complexity index is 476. The molecule has 4 nitrogen and oxygen atoms in total. The Morgan fingerprint density at radius 3 is 2.85 bits per heavy atom. The van der Waals surface area contributed by atoms with E-state index in [9.17, 15) is 0 Å². The third-order valence-corrected chi connectivity index (χ3v) is 5.01. The van der Waals surface area contributed by atoms with Gasteiger partial charge < -0.3 is 10.1 Å². The van der Waals surface area contributed by atoms with Crippen molar-refractivity contribution in [2.45, 2.75) is 45.1 Å². The first-order chi connectivity index (χ1) is 9.63. The number of ether oxygens (including phenoxy) is 1. The second kappa shape index (κ2) is 5.66. The van der Waals surface area contributed by atoms with Crippen LogP contribution in [0.15, 0.2) is 0 Å². The number of nitrogens with one attached hydrogen (secondary N) is 1. The molecule has 2 heterocycles. The molecule has 0 radical (unpaired) electrons. The molecule has 20 heavy (non-hydrogen) atoms. The molecule has 1 aliphatic heterocycles. The van der Waals surface area contributed by atoms with Crippen LogP contribution < -0.4 is 5.32 Å². The summed E-state index contributed by atoms with van der Waals surface area (Å²) >= 11 is 6.50. The first-order valence-electron chi connectivity index (χ1n) is 7.65. The molecule has 1 aliphatic carbocycles. The lowest BCUT2D eigenvalue weighted by molar-refractivity contribution is 0.148. The Labute approximate surface area is 125 Å². The van der Waals surface area contributed by atoms with Crippen molar-refractivity contribution in [1.82, 2.24) is 15.1 Å². The Morgan fingerprint density at radius 1 is 1.50 bits per heavy atom. The van der Waals surface area contributed by atoms with Gasteiger partial charge >= 0.3 is 0 Å². The fraction of sp³-hybridized carbons (Fsp3) is 0.800. The summed E-state index contributed by atoms with van der Waals surface area (Å²) in [7, 11) is 2.00. The SMILES string of the molecule is CCc1nn(C)c(CC2(CNC3CC3)CCOC2)c1Cl. The Morgan fingerprint density at radius 2 is 2.30 bits per heavy atom. The third-order valence-electron chi connectivity index (χ3n) is 4.57. The predicted molar refractivity (Wildman–Crippen MR) is 80.2 cm³/mol. The van der Waals surface area contributed by atoms with Crippen molar-refractivity contribution in [3.05, 3.63) is 16.4 Å². The van der Waals surface area contributed by atoms with Crippen LogP contribution in [0.5, 0.6) is 0 Å². The van der Waals surface area contributed by atoms with Crippen LogP contribution in [0.4, 0.5) is 0 Å². The minimum Gasteiger partial charge on any atom is -0.381 e. The van der Waals surface area contributed by atoms with E-state index in [0.717, 1.165) is 61.5 Å². The van der Waals surface area contributed by atoms with E-state index in [0.29, 0.717) is 0 Å². The predicted octanol–water partition coefficient (Wildman–Crippen LogP) is 2.34. The molecule has 1 saturated carbocycles. The number of aryl methyl sites for hydroxylation is 2. The number of halogens is 1. The van der Waals surface area contributed by atoms with Gasteiger partial charge in [0.1, 0.15) is 0 Å². The lowest BCUT2D eigenvalue weighted by atomic mass is 9.82. The highest BCUT2D eigenvalue weighted by Crippen LogP contribution is 2.36. The van der Waals surface area contributed by atoms with E-state index in [1.165, 1.54) is 12.8 Å². The van der Waals surface area contributed by atoms with Crippen molar-refractivity contribution >= 4 is 11.6 Å². The van der Waals surface area contributed by atoms with E-state index in [4.69, 9.17) is 16.3 Å². The van der Waals surface area contributed by atoms with E-state index in [1.54, 1.807) is 0 Å². The smallest absolute Gasteiger partial charge is 0.0849 e. The van der Waals surface area contributed by atoms with Gasteiger partial charge in [0.25, 0.3) is 0 Å². The van der Waals surface area contributed by atoms with Gasteiger partial charge in [-0.1, -0.05) is 18.5 Å². The van der Waals surface area contributed by atoms with Crippen LogP contribution in [-0.2, 0) is 24.6 Å². The van der Waals surface area contributed by atoms with E-state index in [-0.39, 0.29) is 5.41 Å². The molecule has 1 N–H and O–H groups in total. The van der Waals surface area contributed by atoms with Gasteiger partial charge in [0.15, 0.2) is 0 Å². The van der Waals surface area contributed by atoms with Crippen molar-refractivity contribution < 1.29 is 4.74 Å². The van der Waals surface area contributed by atoms with Crippen LogP contribution in [0.2, 0.25) is 5.02 Å². The number of aromatic nitrogens is 2. The molecular weight excluding hydrogens is 274 g/mol. The maximum absolute atomic E-state index is 6.50. The molecule has 1 aromatic rings. The summed E-state index contributed by atoms with van der Waals surface area (Å²) in [6.07, 6.45) is 5.59. The quantitative estimate of drug-likeness (QED) is 0.876. The van der Waals surface area contributed by atoms with Crippen molar-refractivity contribution in [1.29, 1.82) is 0 Å². The summed E-state index contributed by atoms with van der Waals surface area (Å²) in [5.74, 6) is 0. The fourth-order valence-electron chi connectivity index (χ4n) is 3.01. The second-order valence-electron chi connectivity index (χ2n) is 6.32. The zero-order valence-corrected chi connectivity index (χ0v) is 13.2. The van der Waals surface area contributed by atoms with Gasteiger partial charge in [0, 0.05) is 31.7 Å². The van der Waals surface area contributed by atoms with Crippen LogP contribution in [0.25, 0.3) is 0 Å². The van der Waals surface area contributed by atoms with Crippen LogP contribution in [-0.4, -0.2) is 35.6 Å². The first-order valence-corrected chi connectivity index (χ1v) is 8.03. The van der Waals surface area contributed by atoms with Crippen LogP contribution >= 0.6 is 11.6 Å². The van der Waals surface area contributed by atoms with Crippen LogP contribution in [0.1, 0.15) is 37.6 Å². The zero-order valence-electron chi connectivity index (χ0n) is 12.4. The monoisotopic (exact) mass is 297 g/mol. The average Bonchev–Trinajstić information content (AvgIpc) is 3.11. The third kappa shape index (κ3) is 2.87. The van der Waals surface area contributed by atoms with Crippen molar-refractivity contribution in [3.8, 4) is 0 Å². The molecule has 3 rings (SSSR count). The van der Waals surface area contributed by atoms with Crippen molar-refractivity contribution in [2.75, 3.05) is 19.8 Å². The van der Waals surface area contributed by atoms with Crippen molar-refractivity contribution in [2.24, 2.45) is 12.5 Å². The minimum atomic E-state index is 0.186. The number of nitrogens with zero attached hydrogens (tertiary/aromatic N) is 2. The number of hydrogen-bond acceptors (Lipinski definition) is 3. The average molecular weight is 298 g/mol. The molecule has 0 spiro atoms. The molecular formula is C15H24ClN3O. The van der Waals surface area contributed by atoms with Gasteiger partial charge in [-0.15, -0.1) is 0 Å². The summed E-state index contributed by atoms with van der Waals surface area (Å²) < 4.78 is 7.64. The Hall–Kier alpha value is -0.580. The molecule has 1 aromatic heterocycles.